The van der Waals surface area contributed by atoms with Crippen LogP contribution >= 0.6 is 0 Å². The monoisotopic (exact) mass is 450 g/mol. The van der Waals surface area contributed by atoms with Crippen LogP contribution in [0.25, 0.3) is 0 Å². The van der Waals surface area contributed by atoms with Gasteiger partial charge in [-0.25, -0.2) is 0 Å². The number of hydrogen-bond donors (Lipinski definition) is 0. The van der Waals surface area contributed by atoms with E-state index in [0.717, 1.165) is 24.2 Å². The van der Waals surface area contributed by atoms with Gasteiger partial charge in [0.1, 0.15) is 11.7 Å². The van der Waals surface area contributed by atoms with Gasteiger partial charge in [-0.15, -0.1) is 0 Å². The first kappa shape index (κ1) is 23.1. The SMILES string of the molecule is COc1ccc(C(=O)C2C(=O)C(=O)N(CCN3CCOCC3)C2c2ccc(C)cc2)c(C)c1. The lowest BCUT2D eigenvalue weighted by molar-refractivity contribution is -0.141. The van der Waals surface area contributed by atoms with Crippen molar-refractivity contribution in [2.45, 2.75) is 19.9 Å². The number of morpholine rings is 1. The Morgan fingerprint density at radius 2 is 1.73 bits per heavy atom. The number of carbonyl (C=O) groups is 3. The fourth-order valence-electron chi connectivity index (χ4n) is 4.64. The van der Waals surface area contributed by atoms with Gasteiger partial charge in [0.25, 0.3) is 5.91 Å². The summed E-state index contributed by atoms with van der Waals surface area (Å²) in [5.74, 6) is -1.98. The maximum absolute atomic E-state index is 13.7. The van der Waals surface area contributed by atoms with Crippen LogP contribution < -0.4 is 4.74 Å². The lowest BCUT2D eigenvalue weighted by Crippen LogP contribution is -2.42. The Balaban J connectivity index is 1.67. The topological polar surface area (TPSA) is 76.2 Å². The predicted molar refractivity (Wildman–Crippen MR) is 123 cm³/mol. The molecular weight excluding hydrogens is 420 g/mol. The maximum atomic E-state index is 13.7. The van der Waals surface area contributed by atoms with Crippen LogP contribution in [-0.4, -0.2) is 73.8 Å². The number of aryl methyl sites for hydroxylation is 2. The van der Waals surface area contributed by atoms with Crippen molar-refractivity contribution in [2.24, 2.45) is 5.92 Å². The Kier molecular flexibility index (Phi) is 6.91. The zero-order valence-electron chi connectivity index (χ0n) is 19.4. The first-order chi connectivity index (χ1) is 15.9. The number of likely N-dealkylation sites (tertiary alicyclic amines) is 1. The standard InChI is InChI=1S/C26H30N2O5/c1-17-4-6-19(7-5-17)23-22(24(29)21-9-8-20(32-3)16-18(21)2)25(30)26(31)28(23)11-10-27-12-14-33-15-13-27/h4-9,16,22-23H,10-15H2,1-3H3. The number of nitrogens with zero attached hydrogens (tertiary/aromatic N) is 2. The number of amides is 1. The zero-order chi connectivity index (χ0) is 23.5. The Morgan fingerprint density at radius 1 is 1.03 bits per heavy atom. The Morgan fingerprint density at radius 3 is 2.36 bits per heavy atom. The summed E-state index contributed by atoms with van der Waals surface area (Å²) in [7, 11) is 1.56. The molecule has 7 nitrogen and oxygen atoms in total. The second-order valence-corrected chi connectivity index (χ2v) is 8.70. The van der Waals surface area contributed by atoms with E-state index in [1.165, 1.54) is 0 Å². The summed E-state index contributed by atoms with van der Waals surface area (Å²) in [5.41, 5.74) is 3.03. The molecule has 33 heavy (non-hydrogen) atoms. The summed E-state index contributed by atoms with van der Waals surface area (Å²) in [6, 6.07) is 12.2. The molecule has 0 spiro atoms. The van der Waals surface area contributed by atoms with Crippen molar-refractivity contribution < 1.29 is 23.9 Å². The highest BCUT2D eigenvalue weighted by molar-refractivity contribution is 6.44. The molecule has 2 aliphatic rings. The molecule has 2 fully saturated rings. The van der Waals surface area contributed by atoms with Crippen LogP contribution in [0.4, 0.5) is 0 Å². The molecule has 0 N–H and O–H groups in total. The van der Waals surface area contributed by atoms with Crippen molar-refractivity contribution in [2.75, 3.05) is 46.5 Å². The van der Waals surface area contributed by atoms with Crippen LogP contribution in [0.3, 0.4) is 0 Å². The van der Waals surface area contributed by atoms with Gasteiger partial charge in [0.2, 0.25) is 5.78 Å². The lowest BCUT2D eigenvalue weighted by atomic mass is 9.85. The van der Waals surface area contributed by atoms with E-state index < -0.39 is 23.7 Å². The summed E-state index contributed by atoms with van der Waals surface area (Å²) < 4.78 is 10.7. The van der Waals surface area contributed by atoms with E-state index in [2.05, 4.69) is 4.90 Å². The highest BCUT2D eigenvalue weighted by Crippen LogP contribution is 2.38. The van der Waals surface area contributed by atoms with Crippen molar-refractivity contribution in [3.63, 3.8) is 0 Å². The molecule has 2 aromatic rings. The number of ether oxygens (including phenoxy) is 2. The molecule has 0 aliphatic carbocycles. The molecule has 2 unspecified atom stereocenters. The smallest absolute Gasteiger partial charge is 0.291 e. The van der Waals surface area contributed by atoms with Crippen molar-refractivity contribution in [1.29, 1.82) is 0 Å². The molecule has 0 bridgehead atoms. The lowest BCUT2D eigenvalue weighted by Gasteiger charge is -2.31. The van der Waals surface area contributed by atoms with Gasteiger partial charge in [-0.1, -0.05) is 29.8 Å². The minimum Gasteiger partial charge on any atom is -0.497 e. The van der Waals surface area contributed by atoms with Gasteiger partial charge in [0, 0.05) is 31.7 Å². The zero-order valence-corrected chi connectivity index (χ0v) is 19.4. The summed E-state index contributed by atoms with van der Waals surface area (Å²) in [5, 5.41) is 0. The average molecular weight is 451 g/mol. The minimum atomic E-state index is -1.07. The van der Waals surface area contributed by atoms with E-state index >= 15 is 0 Å². The quantitative estimate of drug-likeness (QED) is 0.367. The molecular formula is C26H30N2O5. The normalized spacial score (nSPS) is 21.5. The van der Waals surface area contributed by atoms with Gasteiger partial charge in [-0.3, -0.25) is 19.3 Å². The van der Waals surface area contributed by atoms with Gasteiger partial charge >= 0.3 is 0 Å². The highest BCUT2D eigenvalue weighted by atomic mass is 16.5. The Hall–Kier alpha value is -3.03. The molecule has 4 rings (SSSR count). The van der Waals surface area contributed by atoms with Crippen LogP contribution in [0.15, 0.2) is 42.5 Å². The first-order valence-electron chi connectivity index (χ1n) is 11.3. The molecule has 2 atom stereocenters. The van der Waals surface area contributed by atoms with Crippen LogP contribution in [0.2, 0.25) is 0 Å². The van der Waals surface area contributed by atoms with E-state index in [-0.39, 0.29) is 5.78 Å². The van der Waals surface area contributed by atoms with Crippen molar-refractivity contribution in [3.05, 3.63) is 64.7 Å². The van der Waals surface area contributed by atoms with Crippen LogP contribution in [-0.2, 0) is 14.3 Å². The molecule has 0 saturated carbocycles. The average Bonchev–Trinajstić information content (AvgIpc) is 3.08. The summed E-state index contributed by atoms with van der Waals surface area (Å²) in [4.78, 5) is 43.8. The van der Waals surface area contributed by atoms with Gasteiger partial charge in [0.05, 0.1) is 26.4 Å². The molecule has 2 heterocycles. The number of rotatable bonds is 7. The largest absolute Gasteiger partial charge is 0.497 e. The van der Waals surface area contributed by atoms with E-state index in [1.54, 1.807) is 30.2 Å². The van der Waals surface area contributed by atoms with Crippen LogP contribution in [0.5, 0.6) is 5.75 Å². The first-order valence-corrected chi connectivity index (χ1v) is 11.3. The van der Waals surface area contributed by atoms with Crippen LogP contribution in [0, 0.1) is 19.8 Å². The van der Waals surface area contributed by atoms with E-state index in [1.807, 2.05) is 38.1 Å². The molecule has 0 radical (unpaired) electrons. The second kappa shape index (κ2) is 9.85. The Bertz CT molecular complexity index is 1040. The third-order valence-corrected chi connectivity index (χ3v) is 6.57. The Labute approximate surface area is 194 Å². The third-order valence-electron chi connectivity index (χ3n) is 6.57. The van der Waals surface area contributed by atoms with E-state index in [9.17, 15) is 14.4 Å². The second-order valence-electron chi connectivity index (χ2n) is 8.70. The molecule has 1 amide bonds. The number of Topliss-reactive ketones (excluding diaryl/α,β-unsaturated/α-hetero) is 2. The number of benzene rings is 2. The predicted octanol–water partition coefficient (Wildman–Crippen LogP) is 2.60. The molecule has 174 valence electrons. The molecule has 7 heteroatoms. The van der Waals surface area contributed by atoms with E-state index in [0.29, 0.717) is 43.2 Å². The number of methoxy groups -OCH3 is 1. The number of hydrogen-bond acceptors (Lipinski definition) is 6. The summed E-state index contributed by atoms with van der Waals surface area (Å²) in [6.07, 6.45) is 0. The third kappa shape index (κ3) is 4.70. The van der Waals surface area contributed by atoms with Gasteiger partial charge in [0.15, 0.2) is 5.78 Å². The van der Waals surface area contributed by atoms with Gasteiger partial charge < -0.3 is 14.4 Å². The highest BCUT2D eigenvalue weighted by Gasteiger charge is 2.51. The van der Waals surface area contributed by atoms with Crippen molar-refractivity contribution >= 4 is 17.5 Å². The summed E-state index contributed by atoms with van der Waals surface area (Å²) >= 11 is 0. The van der Waals surface area contributed by atoms with E-state index in [4.69, 9.17) is 9.47 Å². The van der Waals surface area contributed by atoms with Gasteiger partial charge in [-0.2, -0.15) is 0 Å². The van der Waals surface area contributed by atoms with Crippen LogP contribution in [0.1, 0.15) is 33.1 Å². The number of carbonyl (C=O) groups excluding carboxylic acids is 3. The minimum absolute atomic E-state index is 0.326. The summed E-state index contributed by atoms with van der Waals surface area (Å²) in [6.45, 7) is 7.71. The maximum Gasteiger partial charge on any atom is 0.291 e. The van der Waals surface area contributed by atoms with Gasteiger partial charge in [-0.05, 0) is 43.2 Å². The number of ketones is 2. The molecule has 2 saturated heterocycles. The molecule has 2 aromatic carbocycles. The molecule has 2 aliphatic heterocycles. The molecule has 0 aromatic heterocycles. The van der Waals surface area contributed by atoms with Crippen molar-refractivity contribution in [1.82, 2.24) is 9.80 Å². The fraction of sp³-hybridized carbons (Fsp3) is 0.423. The van der Waals surface area contributed by atoms with Crippen molar-refractivity contribution in [3.8, 4) is 5.75 Å². The fourth-order valence-corrected chi connectivity index (χ4v) is 4.64.